The number of benzene rings is 1. The fraction of sp³-hybridized carbons (Fsp3) is 0.500. The molecule has 3 nitrogen and oxygen atoms in total. The van der Waals surface area contributed by atoms with Crippen molar-refractivity contribution in [2.75, 3.05) is 33.4 Å². The quantitative estimate of drug-likeness (QED) is 0.818. The first-order valence-electron chi connectivity index (χ1n) is 7.90. The lowest BCUT2D eigenvalue weighted by atomic mass is 9.79. The van der Waals surface area contributed by atoms with E-state index in [4.69, 9.17) is 4.74 Å². The number of ether oxygens (including phenoxy) is 1. The van der Waals surface area contributed by atoms with Crippen LogP contribution < -0.4 is 0 Å². The van der Waals surface area contributed by atoms with Gasteiger partial charge in [-0.05, 0) is 32.4 Å². The highest BCUT2D eigenvalue weighted by Crippen LogP contribution is 2.34. The number of aromatic nitrogens is 1. The summed E-state index contributed by atoms with van der Waals surface area (Å²) in [6.45, 7) is 5.92. The molecule has 3 rings (SSSR count). The zero-order valence-electron chi connectivity index (χ0n) is 13.4. The Balaban J connectivity index is 1.65. The standard InChI is InChI=1S/C18H24N2OS/c1-15-17(22-14-19-15)8-10-20(2)12-18(9-11-21-13-18)16-6-4-3-5-7-16/h3-7,14H,8-13H2,1-2H3/t18-/m0/s1. The van der Waals surface area contributed by atoms with E-state index in [0.29, 0.717) is 0 Å². The van der Waals surface area contributed by atoms with E-state index in [1.165, 1.54) is 16.1 Å². The maximum absolute atomic E-state index is 5.75. The smallest absolute Gasteiger partial charge is 0.0797 e. The lowest BCUT2D eigenvalue weighted by molar-refractivity contribution is 0.159. The molecule has 118 valence electrons. The summed E-state index contributed by atoms with van der Waals surface area (Å²) >= 11 is 1.77. The molecule has 4 heteroatoms. The molecule has 0 spiro atoms. The van der Waals surface area contributed by atoms with Crippen molar-refractivity contribution in [1.82, 2.24) is 9.88 Å². The van der Waals surface area contributed by atoms with Gasteiger partial charge in [-0.1, -0.05) is 30.3 Å². The van der Waals surface area contributed by atoms with E-state index < -0.39 is 0 Å². The second-order valence-electron chi connectivity index (χ2n) is 6.30. The molecule has 1 fully saturated rings. The number of thiazole rings is 1. The van der Waals surface area contributed by atoms with E-state index in [1.54, 1.807) is 11.3 Å². The number of hydrogen-bond acceptors (Lipinski definition) is 4. The highest BCUT2D eigenvalue weighted by molar-refractivity contribution is 7.09. The van der Waals surface area contributed by atoms with Crippen LogP contribution in [0.25, 0.3) is 0 Å². The van der Waals surface area contributed by atoms with Gasteiger partial charge in [-0.2, -0.15) is 0 Å². The molecule has 0 saturated carbocycles. The van der Waals surface area contributed by atoms with Gasteiger partial charge in [0.15, 0.2) is 0 Å². The van der Waals surface area contributed by atoms with Crippen LogP contribution in [0.4, 0.5) is 0 Å². The van der Waals surface area contributed by atoms with Gasteiger partial charge in [-0.15, -0.1) is 11.3 Å². The predicted octanol–water partition coefficient (Wildman–Crippen LogP) is 3.28. The third-order valence-electron chi connectivity index (χ3n) is 4.63. The summed E-state index contributed by atoms with van der Waals surface area (Å²) < 4.78 is 5.75. The van der Waals surface area contributed by atoms with Crippen molar-refractivity contribution in [3.63, 3.8) is 0 Å². The molecule has 1 aromatic heterocycles. The molecule has 0 amide bonds. The first-order chi connectivity index (χ1) is 10.7. The van der Waals surface area contributed by atoms with Gasteiger partial charge in [-0.3, -0.25) is 0 Å². The molecule has 0 N–H and O–H groups in total. The minimum absolute atomic E-state index is 0.152. The minimum Gasteiger partial charge on any atom is -0.380 e. The SMILES string of the molecule is Cc1ncsc1CCN(C)C[C@@]1(c2ccccc2)CCOC1. The fourth-order valence-corrected chi connectivity index (χ4v) is 4.07. The van der Waals surface area contributed by atoms with E-state index in [1.807, 2.05) is 5.51 Å². The van der Waals surface area contributed by atoms with E-state index in [-0.39, 0.29) is 5.41 Å². The first-order valence-corrected chi connectivity index (χ1v) is 8.78. The Bertz CT molecular complexity index is 590. The highest BCUT2D eigenvalue weighted by atomic mass is 32.1. The zero-order valence-corrected chi connectivity index (χ0v) is 14.2. The largest absolute Gasteiger partial charge is 0.380 e. The first kappa shape index (κ1) is 15.7. The van der Waals surface area contributed by atoms with Crippen LogP contribution in [-0.4, -0.2) is 43.2 Å². The van der Waals surface area contributed by atoms with Crippen LogP contribution in [0.3, 0.4) is 0 Å². The summed E-state index contributed by atoms with van der Waals surface area (Å²) in [4.78, 5) is 8.19. The lowest BCUT2D eigenvalue weighted by Gasteiger charge is -2.33. The van der Waals surface area contributed by atoms with Crippen molar-refractivity contribution in [3.8, 4) is 0 Å². The molecule has 1 aliphatic rings. The van der Waals surface area contributed by atoms with Gasteiger partial charge >= 0.3 is 0 Å². The Morgan fingerprint density at radius 2 is 2.14 bits per heavy atom. The summed E-state index contributed by atoms with van der Waals surface area (Å²) in [7, 11) is 2.22. The third kappa shape index (κ3) is 3.40. The Labute approximate surface area is 137 Å². The monoisotopic (exact) mass is 316 g/mol. The molecule has 1 atom stereocenters. The van der Waals surface area contributed by atoms with Gasteiger partial charge in [0.2, 0.25) is 0 Å². The van der Waals surface area contributed by atoms with Gasteiger partial charge in [0, 0.05) is 30.0 Å². The molecule has 0 bridgehead atoms. The predicted molar refractivity (Wildman–Crippen MR) is 91.6 cm³/mol. The molecule has 1 saturated heterocycles. The summed E-state index contributed by atoms with van der Waals surface area (Å²) in [6, 6.07) is 10.8. The van der Waals surface area contributed by atoms with Crippen LogP contribution in [-0.2, 0) is 16.6 Å². The number of hydrogen-bond donors (Lipinski definition) is 0. The second-order valence-corrected chi connectivity index (χ2v) is 7.24. The highest BCUT2D eigenvalue weighted by Gasteiger charge is 2.37. The number of likely N-dealkylation sites (N-methyl/N-ethyl adjacent to an activating group) is 1. The van der Waals surface area contributed by atoms with Crippen LogP contribution in [0.5, 0.6) is 0 Å². The molecule has 0 unspecified atom stereocenters. The van der Waals surface area contributed by atoms with Crippen molar-refractivity contribution in [3.05, 3.63) is 52.0 Å². The summed E-state index contributed by atoms with van der Waals surface area (Å²) in [5.41, 5.74) is 4.69. The van der Waals surface area contributed by atoms with Crippen molar-refractivity contribution >= 4 is 11.3 Å². The molecule has 2 aromatic rings. The zero-order chi connectivity index (χ0) is 15.4. The molecule has 0 aliphatic carbocycles. The summed E-state index contributed by atoms with van der Waals surface area (Å²) in [5, 5.41) is 0. The molecule has 22 heavy (non-hydrogen) atoms. The maximum atomic E-state index is 5.75. The molecular weight excluding hydrogens is 292 g/mol. The topological polar surface area (TPSA) is 25.4 Å². The Morgan fingerprint density at radius 3 is 2.77 bits per heavy atom. The average molecular weight is 316 g/mol. The normalized spacial score (nSPS) is 21.6. The Morgan fingerprint density at radius 1 is 1.32 bits per heavy atom. The molecule has 1 aromatic carbocycles. The van der Waals surface area contributed by atoms with E-state index in [0.717, 1.165) is 39.1 Å². The van der Waals surface area contributed by atoms with Crippen LogP contribution in [0.15, 0.2) is 35.8 Å². The minimum atomic E-state index is 0.152. The molecular formula is C18H24N2OS. The van der Waals surface area contributed by atoms with Gasteiger partial charge < -0.3 is 9.64 Å². The number of rotatable bonds is 6. The average Bonchev–Trinajstić information content (AvgIpc) is 3.16. The van der Waals surface area contributed by atoms with Gasteiger partial charge in [0.25, 0.3) is 0 Å². The van der Waals surface area contributed by atoms with Crippen molar-refractivity contribution in [1.29, 1.82) is 0 Å². The fourth-order valence-electron chi connectivity index (χ4n) is 3.30. The van der Waals surface area contributed by atoms with Crippen LogP contribution >= 0.6 is 11.3 Å². The third-order valence-corrected chi connectivity index (χ3v) is 5.62. The molecule has 0 radical (unpaired) electrons. The number of nitrogens with zero attached hydrogens (tertiary/aromatic N) is 2. The van der Waals surface area contributed by atoms with Gasteiger partial charge in [0.05, 0.1) is 17.8 Å². The van der Waals surface area contributed by atoms with Crippen molar-refractivity contribution in [2.45, 2.75) is 25.2 Å². The summed E-state index contributed by atoms with van der Waals surface area (Å²) in [6.07, 6.45) is 2.19. The Kier molecular flexibility index (Phi) is 4.91. The van der Waals surface area contributed by atoms with Gasteiger partial charge in [0.1, 0.15) is 0 Å². The van der Waals surface area contributed by atoms with E-state index in [2.05, 4.69) is 54.2 Å². The lowest BCUT2D eigenvalue weighted by Crippen LogP contribution is -2.40. The van der Waals surface area contributed by atoms with Crippen molar-refractivity contribution < 1.29 is 4.74 Å². The second kappa shape index (κ2) is 6.90. The van der Waals surface area contributed by atoms with E-state index in [9.17, 15) is 0 Å². The van der Waals surface area contributed by atoms with Gasteiger partial charge in [-0.25, -0.2) is 4.98 Å². The number of aryl methyl sites for hydroxylation is 1. The van der Waals surface area contributed by atoms with Crippen molar-refractivity contribution in [2.24, 2.45) is 0 Å². The Hall–Kier alpha value is -1.23. The molecule has 1 aliphatic heterocycles. The maximum Gasteiger partial charge on any atom is 0.0797 e. The van der Waals surface area contributed by atoms with Crippen LogP contribution in [0, 0.1) is 6.92 Å². The van der Waals surface area contributed by atoms with Crippen LogP contribution in [0.2, 0.25) is 0 Å². The van der Waals surface area contributed by atoms with Crippen LogP contribution in [0.1, 0.15) is 22.6 Å². The molecule has 2 heterocycles. The summed E-state index contributed by atoms with van der Waals surface area (Å²) in [5.74, 6) is 0. The van der Waals surface area contributed by atoms with E-state index >= 15 is 0 Å².